The van der Waals surface area contributed by atoms with Crippen LogP contribution in [0, 0.1) is 0 Å². The Bertz CT molecular complexity index is 599. The van der Waals surface area contributed by atoms with Crippen molar-refractivity contribution in [3.63, 3.8) is 0 Å². The zero-order chi connectivity index (χ0) is 22.3. The fraction of sp³-hybridized carbons (Fsp3) is 1.00. The van der Waals surface area contributed by atoms with Gasteiger partial charge in [-0.15, -0.1) is 0 Å². The van der Waals surface area contributed by atoms with Crippen LogP contribution in [0.4, 0.5) is 26.3 Å². The minimum Gasteiger partial charge on any atom is -0.421 e. The number of rotatable bonds is 8. The van der Waals surface area contributed by atoms with Gasteiger partial charge in [0.2, 0.25) is 0 Å². The van der Waals surface area contributed by atoms with E-state index in [9.17, 15) is 43.2 Å². The first-order valence-corrected chi connectivity index (χ1v) is 10.8. The molecule has 0 aliphatic rings. The summed E-state index contributed by atoms with van der Waals surface area (Å²) in [6.45, 7) is 8.21. The molecule has 0 rings (SSSR count). The van der Waals surface area contributed by atoms with Gasteiger partial charge >= 0.3 is 11.0 Å². The van der Waals surface area contributed by atoms with Crippen molar-refractivity contribution >= 4 is 20.0 Å². The molecule has 0 aromatic heterocycles. The summed E-state index contributed by atoms with van der Waals surface area (Å²) >= 11 is 0. The third kappa shape index (κ3) is 10.5. The number of hydrogen-bond donors (Lipinski definition) is 0. The standard InChI is InChI=1S/C11H26N.C2F6NO4S2/c1-6-7-8-9-10-12(4,5)11(2)3;3-1(4,5)14(10,11)9-15(12,13)2(6,7)8/h11H,6-10H2,1-5H3;/q+1;-1. The molecule has 166 valence electrons. The second-order valence-electron chi connectivity index (χ2n) is 6.57. The molecule has 0 bridgehead atoms. The monoisotopic (exact) mass is 452 g/mol. The molecule has 0 unspecified atom stereocenters. The van der Waals surface area contributed by atoms with Gasteiger partial charge in [-0.1, -0.05) is 19.8 Å². The Morgan fingerprint density at radius 2 is 1.19 bits per heavy atom. The molecule has 0 saturated heterocycles. The van der Waals surface area contributed by atoms with Crippen molar-refractivity contribution in [2.45, 2.75) is 63.5 Å². The van der Waals surface area contributed by atoms with Crippen molar-refractivity contribution in [3.8, 4) is 0 Å². The summed E-state index contributed by atoms with van der Waals surface area (Å²) in [7, 11) is -8.78. The second-order valence-corrected chi connectivity index (χ2v) is 10.00. The highest BCUT2D eigenvalue weighted by Crippen LogP contribution is 2.36. The number of sulfonamides is 2. The van der Waals surface area contributed by atoms with Gasteiger partial charge in [-0.25, -0.2) is 16.8 Å². The van der Waals surface area contributed by atoms with E-state index in [2.05, 4.69) is 34.9 Å². The van der Waals surface area contributed by atoms with Crippen LogP contribution in [0.25, 0.3) is 4.13 Å². The normalized spacial score (nSPS) is 14.1. The van der Waals surface area contributed by atoms with E-state index >= 15 is 0 Å². The average Bonchev–Trinajstić information content (AvgIpc) is 2.40. The lowest BCUT2D eigenvalue weighted by atomic mass is 10.1. The first-order valence-electron chi connectivity index (χ1n) is 7.90. The van der Waals surface area contributed by atoms with Crippen molar-refractivity contribution in [1.82, 2.24) is 0 Å². The maximum absolute atomic E-state index is 11.4. The Morgan fingerprint density at radius 1 is 0.815 bits per heavy atom. The van der Waals surface area contributed by atoms with Crippen LogP contribution in [-0.4, -0.2) is 59.0 Å². The van der Waals surface area contributed by atoms with E-state index in [1.54, 1.807) is 0 Å². The van der Waals surface area contributed by atoms with E-state index in [0.717, 1.165) is 10.2 Å². The molecule has 0 aromatic rings. The van der Waals surface area contributed by atoms with Gasteiger partial charge < -0.3 is 8.61 Å². The quantitative estimate of drug-likeness (QED) is 0.315. The largest absolute Gasteiger partial charge is 0.480 e. The summed E-state index contributed by atoms with van der Waals surface area (Å²) in [6.07, 6.45) is 5.54. The van der Waals surface area contributed by atoms with Gasteiger partial charge in [0, 0.05) is 0 Å². The lowest BCUT2D eigenvalue weighted by Gasteiger charge is -2.34. The smallest absolute Gasteiger partial charge is 0.421 e. The molecule has 0 N–H and O–H groups in total. The third-order valence-corrected chi connectivity index (χ3v) is 6.51. The fourth-order valence-corrected chi connectivity index (χ4v) is 3.13. The summed E-state index contributed by atoms with van der Waals surface area (Å²) in [5, 5.41) is 0. The first-order chi connectivity index (χ1) is 11.7. The molecule has 27 heavy (non-hydrogen) atoms. The van der Waals surface area contributed by atoms with Crippen LogP contribution in [0.1, 0.15) is 46.5 Å². The number of halogens is 6. The van der Waals surface area contributed by atoms with Crippen LogP contribution >= 0.6 is 0 Å². The van der Waals surface area contributed by atoms with Crippen LogP contribution in [0.15, 0.2) is 0 Å². The molecule has 0 heterocycles. The summed E-state index contributed by atoms with van der Waals surface area (Å²) in [5.41, 5.74) is -12.4. The molecule has 0 aliphatic heterocycles. The SMILES string of the molecule is CCCCCC[N+](C)(C)C(C)C.O=S(=O)([N-]S(=O)(=O)C(F)(F)F)C(F)(F)F. The minimum absolute atomic E-state index is 0.756. The molecule has 0 amide bonds. The summed E-state index contributed by atoms with van der Waals surface area (Å²) in [4.78, 5) is 0. The lowest BCUT2D eigenvalue weighted by Crippen LogP contribution is -2.46. The van der Waals surface area contributed by atoms with E-state index in [1.165, 1.54) is 36.7 Å². The van der Waals surface area contributed by atoms with Gasteiger partial charge in [-0.05, 0) is 26.7 Å². The van der Waals surface area contributed by atoms with Crippen molar-refractivity contribution in [2.75, 3.05) is 20.6 Å². The van der Waals surface area contributed by atoms with Crippen LogP contribution in [0.2, 0.25) is 0 Å². The van der Waals surface area contributed by atoms with E-state index in [1.807, 2.05) is 0 Å². The molecule has 0 aliphatic carbocycles. The minimum atomic E-state index is -6.72. The van der Waals surface area contributed by atoms with Gasteiger partial charge in [0.1, 0.15) is 0 Å². The van der Waals surface area contributed by atoms with Gasteiger partial charge in [-0.3, -0.25) is 0 Å². The van der Waals surface area contributed by atoms with Crippen LogP contribution in [0.5, 0.6) is 0 Å². The lowest BCUT2D eigenvalue weighted by molar-refractivity contribution is -0.911. The van der Waals surface area contributed by atoms with Gasteiger partial charge in [0.15, 0.2) is 20.0 Å². The Kier molecular flexibility index (Phi) is 10.9. The number of alkyl halides is 6. The molecule has 0 spiro atoms. The maximum atomic E-state index is 11.4. The summed E-state index contributed by atoms with van der Waals surface area (Å²) in [6, 6.07) is 0.756. The number of unbranched alkanes of at least 4 members (excludes halogenated alkanes) is 3. The highest BCUT2D eigenvalue weighted by Gasteiger charge is 2.46. The van der Waals surface area contributed by atoms with Crippen LogP contribution in [-0.2, 0) is 20.0 Å². The number of quaternary nitrogens is 1. The molecular formula is C13H26F6N2O4S2. The van der Waals surface area contributed by atoms with Crippen LogP contribution in [0.3, 0.4) is 0 Å². The fourth-order valence-electron chi connectivity index (χ4n) is 1.42. The Hall–Kier alpha value is -0.600. The maximum Gasteiger partial charge on any atom is 0.480 e. The third-order valence-electron chi connectivity index (χ3n) is 3.77. The van der Waals surface area contributed by atoms with Gasteiger partial charge in [-0.2, -0.15) is 26.3 Å². The van der Waals surface area contributed by atoms with E-state index < -0.39 is 31.1 Å². The molecule has 0 radical (unpaired) electrons. The molecular weight excluding hydrogens is 426 g/mol. The van der Waals surface area contributed by atoms with Crippen molar-refractivity contribution in [3.05, 3.63) is 4.13 Å². The number of nitrogens with zero attached hydrogens (tertiary/aromatic N) is 2. The number of hydrogen-bond acceptors (Lipinski definition) is 4. The van der Waals surface area contributed by atoms with Crippen molar-refractivity contribution in [1.29, 1.82) is 0 Å². The molecule has 0 aromatic carbocycles. The zero-order valence-corrected chi connectivity index (χ0v) is 17.4. The second kappa shape index (κ2) is 10.3. The highest BCUT2D eigenvalue weighted by molar-refractivity contribution is 8.13. The molecule has 0 saturated carbocycles. The van der Waals surface area contributed by atoms with Gasteiger partial charge in [0.25, 0.3) is 0 Å². The predicted octanol–water partition coefficient (Wildman–Crippen LogP) is 4.11. The highest BCUT2D eigenvalue weighted by atomic mass is 32.3. The van der Waals surface area contributed by atoms with E-state index in [4.69, 9.17) is 0 Å². The Morgan fingerprint density at radius 3 is 1.44 bits per heavy atom. The Labute approximate surface area is 156 Å². The predicted molar refractivity (Wildman–Crippen MR) is 89.6 cm³/mol. The zero-order valence-electron chi connectivity index (χ0n) is 15.7. The van der Waals surface area contributed by atoms with Crippen molar-refractivity contribution < 1.29 is 47.7 Å². The average molecular weight is 452 g/mol. The van der Waals surface area contributed by atoms with Gasteiger partial charge in [0.05, 0.1) is 26.7 Å². The summed E-state index contributed by atoms with van der Waals surface area (Å²) in [5.74, 6) is 0. The van der Waals surface area contributed by atoms with Crippen molar-refractivity contribution in [2.24, 2.45) is 0 Å². The molecule has 0 fully saturated rings. The van der Waals surface area contributed by atoms with Crippen LogP contribution < -0.4 is 0 Å². The van der Waals surface area contributed by atoms with E-state index in [0.29, 0.717) is 0 Å². The summed E-state index contributed by atoms with van der Waals surface area (Å²) < 4.78 is 110. The molecule has 14 heteroatoms. The topological polar surface area (TPSA) is 82.4 Å². The molecule has 0 atom stereocenters. The first kappa shape index (κ1) is 28.6. The molecule has 6 nitrogen and oxygen atoms in total. The van der Waals surface area contributed by atoms with E-state index in [-0.39, 0.29) is 0 Å². The Balaban J connectivity index is 0.